The van der Waals surface area contributed by atoms with Crippen molar-refractivity contribution in [3.8, 4) is 5.75 Å². The molecule has 1 aromatic carbocycles. The quantitative estimate of drug-likeness (QED) is 0.813. The lowest BCUT2D eigenvalue weighted by Crippen LogP contribution is -2.24. The van der Waals surface area contributed by atoms with E-state index >= 15 is 0 Å². The minimum absolute atomic E-state index is 0.394. The Hall–Kier alpha value is -0.580. The topological polar surface area (TPSA) is 61.3 Å². The summed E-state index contributed by atoms with van der Waals surface area (Å²) in [6, 6.07) is 6.25. The van der Waals surface area contributed by atoms with Gasteiger partial charge in [0, 0.05) is 0 Å². The molecule has 0 bridgehead atoms. The van der Waals surface area contributed by atoms with E-state index in [4.69, 9.17) is 16.2 Å². The molecular weight excluding hydrogens is 292 g/mol. The molecule has 0 aromatic heterocycles. The van der Waals surface area contributed by atoms with Gasteiger partial charge in [-0.3, -0.25) is 0 Å². The van der Waals surface area contributed by atoms with Crippen molar-refractivity contribution in [1.82, 2.24) is 0 Å². The van der Waals surface area contributed by atoms with Crippen molar-refractivity contribution in [1.29, 1.82) is 0 Å². The normalized spacial score (nSPS) is 12.8. The van der Waals surface area contributed by atoms with Crippen molar-refractivity contribution in [2.75, 3.05) is 19.7 Å². The second-order valence-electron chi connectivity index (χ2n) is 4.60. The Balaban J connectivity index is 2.74. The van der Waals surface area contributed by atoms with Gasteiger partial charge in [0.05, 0.1) is 11.1 Å². The van der Waals surface area contributed by atoms with E-state index < -0.39 is 0 Å². The minimum atomic E-state index is 0.394. The number of benzene rings is 1. The highest BCUT2D eigenvalue weighted by molar-refractivity contribution is 9.10. The molecule has 0 fully saturated rings. The van der Waals surface area contributed by atoms with Crippen LogP contribution >= 0.6 is 15.9 Å². The molecule has 18 heavy (non-hydrogen) atoms. The van der Waals surface area contributed by atoms with Crippen LogP contribution < -0.4 is 16.2 Å². The SMILES string of the molecule is CCOc1ccc(C(C)CC(CN)CN)cc1Br. The minimum Gasteiger partial charge on any atom is -0.493 e. The standard InChI is InChI=1S/C14H23BrN2O/c1-3-18-14-5-4-12(7-13(14)15)10(2)6-11(8-16)9-17/h4-5,7,10-11H,3,6,8-9,16-17H2,1-2H3. The summed E-state index contributed by atoms with van der Waals surface area (Å²) in [5.74, 6) is 1.74. The van der Waals surface area contributed by atoms with Crippen molar-refractivity contribution in [3.05, 3.63) is 28.2 Å². The molecule has 0 heterocycles. The Morgan fingerprint density at radius 1 is 1.28 bits per heavy atom. The molecule has 0 aliphatic heterocycles. The van der Waals surface area contributed by atoms with Crippen molar-refractivity contribution < 1.29 is 4.74 Å². The summed E-state index contributed by atoms with van der Waals surface area (Å²) < 4.78 is 6.51. The summed E-state index contributed by atoms with van der Waals surface area (Å²) in [5, 5.41) is 0. The second kappa shape index (κ2) is 7.77. The summed E-state index contributed by atoms with van der Waals surface area (Å²) in [5.41, 5.74) is 12.7. The number of ether oxygens (including phenoxy) is 1. The molecule has 0 saturated carbocycles. The van der Waals surface area contributed by atoms with Gasteiger partial charge in [-0.05, 0) is 71.9 Å². The lowest BCUT2D eigenvalue weighted by atomic mass is 9.90. The molecular formula is C14H23BrN2O. The smallest absolute Gasteiger partial charge is 0.133 e. The van der Waals surface area contributed by atoms with Crippen LogP contribution in [0.25, 0.3) is 0 Å². The van der Waals surface area contributed by atoms with Gasteiger partial charge < -0.3 is 16.2 Å². The molecule has 102 valence electrons. The van der Waals surface area contributed by atoms with Gasteiger partial charge in [-0.15, -0.1) is 0 Å². The van der Waals surface area contributed by atoms with E-state index in [1.54, 1.807) is 0 Å². The first kappa shape index (κ1) is 15.5. The Labute approximate surface area is 118 Å². The summed E-state index contributed by atoms with van der Waals surface area (Å²) in [6.07, 6.45) is 1.02. The predicted molar refractivity (Wildman–Crippen MR) is 79.9 cm³/mol. The largest absolute Gasteiger partial charge is 0.493 e. The third kappa shape index (κ3) is 4.26. The van der Waals surface area contributed by atoms with Crippen LogP contribution in [0.3, 0.4) is 0 Å². The lowest BCUT2D eigenvalue weighted by Gasteiger charge is -2.19. The van der Waals surface area contributed by atoms with Crippen LogP contribution in [0.4, 0.5) is 0 Å². The van der Waals surface area contributed by atoms with Gasteiger partial charge >= 0.3 is 0 Å². The molecule has 1 atom stereocenters. The lowest BCUT2D eigenvalue weighted by molar-refractivity contribution is 0.338. The Morgan fingerprint density at radius 2 is 1.94 bits per heavy atom. The highest BCUT2D eigenvalue weighted by Gasteiger charge is 2.13. The summed E-state index contributed by atoms with van der Waals surface area (Å²) in [4.78, 5) is 0. The molecule has 4 N–H and O–H groups in total. The van der Waals surface area contributed by atoms with Gasteiger partial charge in [-0.25, -0.2) is 0 Å². The van der Waals surface area contributed by atoms with Crippen molar-refractivity contribution >= 4 is 15.9 Å². The van der Waals surface area contributed by atoms with E-state index in [0.717, 1.165) is 16.6 Å². The number of nitrogens with two attached hydrogens (primary N) is 2. The maximum Gasteiger partial charge on any atom is 0.133 e. The van der Waals surface area contributed by atoms with Crippen molar-refractivity contribution in [3.63, 3.8) is 0 Å². The fourth-order valence-corrected chi connectivity index (χ4v) is 2.53. The zero-order chi connectivity index (χ0) is 13.5. The summed E-state index contributed by atoms with van der Waals surface area (Å²) >= 11 is 3.54. The second-order valence-corrected chi connectivity index (χ2v) is 5.45. The first-order valence-electron chi connectivity index (χ1n) is 6.44. The molecule has 0 saturated heterocycles. The van der Waals surface area contributed by atoms with Crippen LogP contribution in [-0.4, -0.2) is 19.7 Å². The Kier molecular flexibility index (Phi) is 6.68. The Morgan fingerprint density at radius 3 is 2.44 bits per heavy atom. The monoisotopic (exact) mass is 314 g/mol. The molecule has 1 aromatic rings. The van der Waals surface area contributed by atoms with E-state index in [1.807, 2.05) is 13.0 Å². The van der Waals surface area contributed by atoms with E-state index in [1.165, 1.54) is 5.56 Å². The average Bonchev–Trinajstić information content (AvgIpc) is 2.38. The summed E-state index contributed by atoms with van der Waals surface area (Å²) in [6.45, 7) is 6.17. The third-order valence-electron chi connectivity index (χ3n) is 3.18. The van der Waals surface area contributed by atoms with Gasteiger partial charge in [0.25, 0.3) is 0 Å². The number of halogens is 1. The zero-order valence-corrected chi connectivity index (χ0v) is 12.7. The number of hydrogen-bond acceptors (Lipinski definition) is 3. The molecule has 0 radical (unpaired) electrons. The van der Waals surface area contributed by atoms with E-state index in [-0.39, 0.29) is 0 Å². The molecule has 3 nitrogen and oxygen atoms in total. The molecule has 4 heteroatoms. The fraction of sp³-hybridized carbons (Fsp3) is 0.571. The molecule has 0 spiro atoms. The van der Waals surface area contributed by atoms with Crippen LogP contribution in [0.2, 0.25) is 0 Å². The van der Waals surface area contributed by atoms with Gasteiger partial charge in [-0.2, -0.15) is 0 Å². The van der Waals surface area contributed by atoms with Crippen LogP contribution in [-0.2, 0) is 0 Å². The molecule has 1 unspecified atom stereocenters. The van der Waals surface area contributed by atoms with E-state index in [0.29, 0.717) is 31.5 Å². The summed E-state index contributed by atoms with van der Waals surface area (Å²) in [7, 11) is 0. The predicted octanol–water partition coefficient (Wildman–Crippen LogP) is 2.88. The first-order chi connectivity index (χ1) is 8.62. The third-order valence-corrected chi connectivity index (χ3v) is 3.80. The highest BCUT2D eigenvalue weighted by Crippen LogP contribution is 2.31. The van der Waals surface area contributed by atoms with Gasteiger partial charge in [-0.1, -0.05) is 13.0 Å². The van der Waals surface area contributed by atoms with Gasteiger partial charge in [0.1, 0.15) is 5.75 Å². The van der Waals surface area contributed by atoms with Crippen molar-refractivity contribution in [2.45, 2.75) is 26.2 Å². The fourth-order valence-electron chi connectivity index (χ4n) is 2.02. The molecule has 0 aliphatic carbocycles. The maximum atomic E-state index is 5.69. The maximum absolute atomic E-state index is 5.69. The molecule has 0 aliphatic rings. The first-order valence-corrected chi connectivity index (χ1v) is 7.24. The number of rotatable bonds is 7. The Bertz CT molecular complexity index is 367. The van der Waals surface area contributed by atoms with Crippen LogP contribution in [0, 0.1) is 5.92 Å². The van der Waals surface area contributed by atoms with E-state index in [9.17, 15) is 0 Å². The number of hydrogen-bond donors (Lipinski definition) is 2. The van der Waals surface area contributed by atoms with Gasteiger partial charge in [0.2, 0.25) is 0 Å². The average molecular weight is 315 g/mol. The van der Waals surface area contributed by atoms with Gasteiger partial charge in [0.15, 0.2) is 0 Å². The molecule has 1 rings (SSSR count). The molecule has 0 amide bonds. The van der Waals surface area contributed by atoms with Crippen LogP contribution in [0.5, 0.6) is 5.75 Å². The highest BCUT2D eigenvalue weighted by atomic mass is 79.9. The van der Waals surface area contributed by atoms with Crippen LogP contribution in [0.15, 0.2) is 22.7 Å². The van der Waals surface area contributed by atoms with Crippen LogP contribution in [0.1, 0.15) is 31.7 Å². The zero-order valence-electron chi connectivity index (χ0n) is 11.2. The van der Waals surface area contributed by atoms with Crippen molar-refractivity contribution in [2.24, 2.45) is 17.4 Å². The van der Waals surface area contributed by atoms with E-state index in [2.05, 4.69) is 35.0 Å².